The molecular formula is C29H52. The monoisotopic (exact) mass is 400 g/mol. The highest BCUT2D eigenvalue weighted by atomic mass is 14.1. The zero-order chi connectivity index (χ0) is 23.5. The molecule has 0 heterocycles. The van der Waals surface area contributed by atoms with E-state index in [1.54, 1.807) is 0 Å². The molecule has 0 fully saturated rings. The van der Waals surface area contributed by atoms with E-state index in [2.05, 4.69) is 106 Å². The van der Waals surface area contributed by atoms with E-state index >= 15 is 0 Å². The molecule has 0 bridgehead atoms. The van der Waals surface area contributed by atoms with Gasteiger partial charge in [0, 0.05) is 0 Å². The summed E-state index contributed by atoms with van der Waals surface area (Å²) in [5.74, 6) is 0.802. The van der Waals surface area contributed by atoms with Crippen molar-refractivity contribution in [2.75, 3.05) is 0 Å². The highest BCUT2D eigenvalue weighted by molar-refractivity contribution is 5.25. The molecule has 1 rings (SSSR count). The van der Waals surface area contributed by atoms with E-state index in [9.17, 15) is 0 Å². The summed E-state index contributed by atoms with van der Waals surface area (Å²) in [6.45, 7) is 33.4. The van der Waals surface area contributed by atoms with E-state index in [-0.39, 0.29) is 0 Å². The summed E-state index contributed by atoms with van der Waals surface area (Å²) < 4.78 is 0. The lowest BCUT2D eigenvalue weighted by Crippen LogP contribution is -2.00. The zero-order valence-electron chi connectivity index (χ0n) is 21.5. The van der Waals surface area contributed by atoms with Gasteiger partial charge in [0.05, 0.1) is 0 Å². The third-order valence-electron chi connectivity index (χ3n) is 4.90. The van der Waals surface area contributed by atoms with Crippen LogP contribution in [0, 0.1) is 18.3 Å². The van der Waals surface area contributed by atoms with Crippen LogP contribution in [0.4, 0.5) is 0 Å². The summed E-state index contributed by atoms with van der Waals surface area (Å²) in [7, 11) is 0. The van der Waals surface area contributed by atoms with Crippen molar-refractivity contribution in [1.82, 2.24) is 0 Å². The van der Waals surface area contributed by atoms with Gasteiger partial charge < -0.3 is 0 Å². The third kappa shape index (κ3) is 26.4. The minimum atomic E-state index is 0.542. The van der Waals surface area contributed by atoms with Crippen molar-refractivity contribution in [3.05, 3.63) is 72.9 Å². The first-order chi connectivity index (χ1) is 13.4. The van der Waals surface area contributed by atoms with Crippen LogP contribution in [0.3, 0.4) is 0 Å². The molecule has 1 aromatic rings. The molecule has 0 aliphatic rings. The molecule has 0 heteroatoms. The Morgan fingerprint density at radius 2 is 1.38 bits per heavy atom. The Kier molecular flexibility index (Phi) is 21.9. The Hall–Kier alpha value is -1.56. The molecule has 0 saturated heterocycles. The molecule has 0 nitrogen and oxygen atoms in total. The zero-order valence-corrected chi connectivity index (χ0v) is 21.5. The van der Waals surface area contributed by atoms with Gasteiger partial charge in [-0.1, -0.05) is 83.4 Å². The molecular weight excluding hydrogens is 348 g/mol. The average molecular weight is 401 g/mol. The highest BCUT2D eigenvalue weighted by Gasteiger charge is 2.04. The first-order valence-corrected chi connectivity index (χ1v) is 11.3. The van der Waals surface area contributed by atoms with E-state index in [1.165, 1.54) is 54.4 Å². The normalized spacial score (nSPS) is 10.8. The largest absolute Gasteiger partial charge is 0.106 e. The molecule has 0 aromatic heterocycles. The van der Waals surface area contributed by atoms with Crippen LogP contribution in [0.2, 0.25) is 0 Å². The number of benzene rings is 1. The minimum absolute atomic E-state index is 0.542. The maximum Gasteiger partial charge on any atom is -0.0274 e. The molecule has 0 N–H and O–H groups in total. The summed E-state index contributed by atoms with van der Waals surface area (Å²) in [5.41, 5.74) is 6.03. The molecule has 1 atom stereocenters. The van der Waals surface area contributed by atoms with Crippen LogP contribution < -0.4 is 0 Å². The van der Waals surface area contributed by atoms with Gasteiger partial charge in [-0.05, 0) is 75.3 Å². The maximum atomic E-state index is 3.96. The van der Waals surface area contributed by atoms with Gasteiger partial charge in [-0.25, -0.2) is 0 Å². The number of hydrogen-bond acceptors (Lipinski definition) is 0. The third-order valence-corrected chi connectivity index (χ3v) is 4.90. The van der Waals surface area contributed by atoms with Gasteiger partial charge in [0.15, 0.2) is 0 Å². The van der Waals surface area contributed by atoms with Crippen LogP contribution in [0.1, 0.15) is 98.6 Å². The number of aryl methyl sites for hydroxylation is 2. The lowest BCUT2D eigenvalue weighted by molar-refractivity contribution is 0.398. The van der Waals surface area contributed by atoms with E-state index in [0.717, 1.165) is 12.3 Å². The molecule has 1 aromatic carbocycles. The summed E-state index contributed by atoms with van der Waals surface area (Å²) in [6, 6.07) is 8.71. The molecule has 168 valence electrons. The van der Waals surface area contributed by atoms with Gasteiger partial charge >= 0.3 is 0 Å². The lowest BCUT2D eigenvalue weighted by Gasteiger charge is -2.12. The smallest absolute Gasteiger partial charge is 0.0274 e. The first kappa shape index (κ1) is 32.1. The molecule has 1 unspecified atom stereocenters. The van der Waals surface area contributed by atoms with Crippen LogP contribution in [0.5, 0.6) is 0 Å². The minimum Gasteiger partial charge on any atom is -0.106 e. The number of rotatable bonds is 7. The van der Waals surface area contributed by atoms with Gasteiger partial charge in [0.2, 0.25) is 0 Å². The predicted octanol–water partition coefficient (Wildman–Crippen LogP) is 10.1. The summed E-state index contributed by atoms with van der Waals surface area (Å²) in [5, 5.41) is 0. The van der Waals surface area contributed by atoms with Crippen LogP contribution in [0.25, 0.3) is 0 Å². The van der Waals surface area contributed by atoms with Crippen LogP contribution in [-0.2, 0) is 6.42 Å². The second-order valence-corrected chi connectivity index (χ2v) is 9.29. The summed E-state index contributed by atoms with van der Waals surface area (Å²) >= 11 is 0. The van der Waals surface area contributed by atoms with Crippen molar-refractivity contribution in [3.63, 3.8) is 0 Å². The Bertz CT molecular complexity index is 527. The standard InChI is InChI=1S/C16H24.C6H14.C5H10.C2H4/c1-13(2)9-10-14(3)11-12-16-8-6-5-7-15(16)4;1-5-6(2,3)4;1-4-5(2)3;1-2/h5-8,14H,1,9-12H2,2-4H3;5H2,1-4H3;2,4H2,1,3H3;1-2H2. The molecule has 0 radical (unpaired) electrons. The fourth-order valence-electron chi connectivity index (χ4n) is 1.93. The van der Waals surface area contributed by atoms with Crippen LogP contribution in [-0.4, -0.2) is 0 Å². The molecule has 0 saturated carbocycles. The first-order valence-electron chi connectivity index (χ1n) is 11.3. The number of allylic oxidation sites excluding steroid dienone is 2. The Labute approximate surface area is 185 Å². The van der Waals surface area contributed by atoms with Crippen LogP contribution >= 0.6 is 0 Å². The Morgan fingerprint density at radius 1 is 0.931 bits per heavy atom. The fraction of sp³-hybridized carbons (Fsp3) is 0.586. The van der Waals surface area contributed by atoms with Crippen LogP contribution in [0.15, 0.2) is 61.7 Å². The van der Waals surface area contributed by atoms with Gasteiger partial charge in [0.25, 0.3) is 0 Å². The van der Waals surface area contributed by atoms with Crippen molar-refractivity contribution in [2.45, 2.75) is 101 Å². The quantitative estimate of drug-likeness (QED) is 0.399. The van der Waals surface area contributed by atoms with Gasteiger partial charge in [-0.15, -0.1) is 26.3 Å². The van der Waals surface area contributed by atoms with Gasteiger partial charge in [0.1, 0.15) is 0 Å². The predicted molar refractivity (Wildman–Crippen MR) is 139 cm³/mol. The maximum absolute atomic E-state index is 3.96. The molecule has 0 amide bonds. The average Bonchev–Trinajstić information content (AvgIpc) is 2.67. The van der Waals surface area contributed by atoms with Crippen molar-refractivity contribution in [3.8, 4) is 0 Å². The van der Waals surface area contributed by atoms with Crippen molar-refractivity contribution < 1.29 is 0 Å². The Morgan fingerprint density at radius 3 is 1.72 bits per heavy atom. The second-order valence-electron chi connectivity index (χ2n) is 9.29. The number of hydrogen-bond donors (Lipinski definition) is 0. The SMILES string of the molecule is C=C.C=C(C)CC.C=C(C)CCC(C)CCc1ccccc1C.CCC(C)(C)C. The Balaban J connectivity index is -0.000000429. The second kappa shape index (κ2) is 19.7. The molecule has 0 spiro atoms. The molecule has 0 aliphatic heterocycles. The van der Waals surface area contributed by atoms with E-state index in [4.69, 9.17) is 0 Å². The van der Waals surface area contributed by atoms with Crippen molar-refractivity contribution in [1.29, 1.82) is 0 Å². The summed E-state index contributed by atoms with van der Waals surface area (Å²) in [4.78, 5) is 0. The van der Waals surface area contributed by atoms with E-state index in [0.29, 0.717) is 5.41 Å². The highest BCUT2D eigenvalue weighted by Crippen LogP contribution is 2.18. The molecule has 29 heavy (non-hydrogen) atoms. The molecule has 0 aliphatic carbocycles. The van der Waals surface area contributed by atoms with Gasteiger partial charge in [-0.3, -0.25) is 0 Å². The topological polar surface area (TPSA) is 0 Å². The van der Waals surface area contributed by atoms with Gasteiger partial charge in [-0.2, -0.15) is 0 Å². The van der Waals surface area contributed by atoms with Crippen molar-refractivity contribution >= 4 is 0 Å². The van der Waals surface area contributed by atoms with E-state index in [1.807, 2.05) is 6.92 Å². The summed E-state index contributed by atoms with van der Waals surface area (Å²) in [6.07, 6.45) is 7.34. The van der Waals surface area contributed by atoms with Crippen molar-refractivity contribution in [2.24, 2.45) is 11.3 Å². The van der Waals surface area contributed by atoms with E-state index < -0.39 is 0 Å². The fourth-order valence-corrected chi connectivity index (χ4v) is 1.93. The lowest BCUT2D eigenvalue weighted by atomic mass is 9.94.